The molecule has 14 unspecified atom stereocenters. The van der Waals surface area contributed by atoms with Crippen LogP contribution in [0.4, 0.5) is 0 Å². The van der Waals surface area contributed by atoms with E-state index in [2.05, 4.69) is 0 Å². The molecule has 0 aromatic carbocycles. The maximum atomic E-state index is 6.58. The number of rotatable bonds is 36. The fraction of sp³-hybridized carbons (Fsp3) is 1.00. The summed E-state index contributed by atoms with van der Waals surface area (Å²) in [6.45, 7) is 27.9. The molecular weight excluding hydrogens is 905 g/mol. The van der Waals surface area contributed by atoms with Gasteiger partial charge in [-0.05, 0) is 53.4 Å². The van der Waals surface area contributed by atoms with Crippen LogP contribution in [0.5, 0.6) is 0 Å². The zero-order valence-corrected chi connectivity index (χ0v) is 44.1. The molecule has 4 fully saturated rings. The summed E-state index contributed by atoms with van der Waals surface area (Å²) in [7, 11) is 0. The van der Waals surface area contributed by atoms with Crippen LogP contribution in [0.25, 0.3) is 0 Å². The van der Waals surface area contributed by atoms with Crippen LogP contribution in [-0.4, -0.2) is 160 Å². The molecule has 4 rings (SSSR count). The molecule has 0 aliphatic carbocycles. The second-order valence-electron chi connectivity index (χ2n) is 16.9. The van der Waals surface area contributed by atoms with Gasteiger partial charge in [-0.2, -0.15) is 23.5 Å². The van der Waals surface area contributed by atoms with Crippen LogP contribution in [0.3, 0.4) is 0 Å². The second-order valence-corrected chi connectivity index (χ2v) is 20.8. The first-order valence-electron chi connectivity index (χ1n) is 24.5. The predicted molar refractivity (Wildman–Crippen MR) is 252 cm³/mol. The highest BCUT2D eigenvalue weighted by Crippen LogP contribution is 2.35. The minimum atomic E-state index is -1.12. The van der Waals surface area contributed by atoms with Gasteiger partial charge < -0.3 is 56.8 Å². The molecule has 0 N–H and O–H groups in total. The van der Waals surface area contributed by atoms with Crippen molar-refractivity contribution >= 4 is 35.3 Å². The molecule has 19 heteroatoms. The Morgan fingerprint density at radius 3 is 0.938 bits per heavy atom. The Kier molecular flexibility index (Phi) is 26.5. The van der Waals surface area contributed by atoms with E-state index < -0.39 is 49.1 Å². The van der Waals surface area contributed by atoms with Gasteiger partial charge in [0.1, 0.15) is 0 Å². The van der Waals surface area contributed by atoms with Crippen LogP contribution in [-0.2, 0) is 75.8 Å². The monoisotopic (exact) mass is 991 g/mol. The van der Waals surface area contributed by atoms with Gasteiger partial charge in [-0.1, -0.05) is 55.4 Å². The Balaban J connectivity index is 1.41. The second kappa shape index (κ2) is 29.7. The summed E-state index contributed by atoms with van der Waals surface area (Å²) in [6, 6.07) is 0. The van der Waals surface area contributed by atoms with Gasteiger partial charge in [-0.15, -0.1) is 11.8 Å². The van der Waals surface area contributed by atoms with Crippen LogP contribution in [0, 0.1) is 0 Å². The average molecular weight is 991 g/mol. The number of hydrogen-bond donors (Lipinski definition) is 0. The van der Waals surface area contributed by atoms with E-state index in [0.717, 1.165) is 23.0 Å². The SMILES string of the molecule is CCC(OCCSCC(COC(CC)OC1(CC)OCC(C)O1)SC(COC(CC)OC1(CC)OCC(C)O1)CSCCOC(CC)OC1(CC)OCC(C)O1)OC1(CC)OCC(C)O1. The summed E-state index contributed by atoms with van der Waals surface area (Å²) < 4.78 is 98.9. The molecule has 0 aromatic heterocycles. The fourth-order valence-corrected chi connectivity index (χ4v) is 10.9. The van der Waals surface area contributed by atoms with Crippen molar-refractivity contribution in [3.8, 4) is 0 Å². The summed E-state index contributed by atoms with van der Waals surface area (Å²) in [5.74, 6) is -1.26. The van der Waals surface area contributed by atoms with Crippen LogP contribution >= 0.6 is 35.3 Å². The molecule has 0 amide bonds. The molecule has 0 radical (unpaired) electrons. The van der Waals surface area contributed by atoms with Crippen LogP contribution in [0.15, 0.2) is 0 Å². The molecular formula is C46H86O16S3. The molecule has 4 aliphatic heterocycles. The normalized spacial score (nSPS) is 33.4. The van der Waals surface area contributed by atoms with E-state index in [1.165, 1.54) is 0 Å². The minimum Gasteiger partial charge on any atom is -0.352 e. The van der Waals surface area contributed by atoms with E-state index >= 15 is 0 Å². The van der Waals surface area contributed by atoms with E-state index in [1.807, 2.05) is 118 Å². The Morgan fingerprint density at radius 2 is 0.708 bits per heavy atom. The molecule has 65 heavy (non-hydrogen) atoms. The standard InChI is InChI=1S/C46H86O16S3/c1-13-39(59-43(17-5)51-25-33(9)55-43)47-21-23-63-31-37(29-49-41(15-3)61-45(19-7)53-27-35(11)57-45)65-38(30-50-42(16-4)62-46(20-8)54-28-36(12)58-46)32-64-24-22-48-40(14-2)60-44(18-6)52-26-34(10)56-44/h33-42H,13-32H2,1-12H3. The summed E-state index contributed by atoms with van der Waals surface area (Å²) in [6.07, 6.45) is 2.72. The summed E-state index contributed by atoms with van der Waals surface area (Å²) >= 11 is 5.47. The van der Waals surface area contributed by atoms with Crippen molar-refractivity contribution in [1.29, 1.82) is 0 Å². The molecule has 0 spiro atoms. The summed E-state index contributed by atoms with van der Waals surface area (Å²) in [4.78, 5) is 0. The first-order valence-corrected chi connectivity index (χ1v) is 27.7. The van der Waals surface area contributed by atoms with Crippen molar-refractivity contribution < 1.29 is 75.8 Å². The van der Waals surface area contributed by atoms with E-state index in [4.69, 9.17) is 75.8 Å². The Hall–Kier alpha value is 0.410. The molecule has 4 saturated heterocycles. The van der Waals surface area contributed by atoms with Gasteiger partial charge in [0.15, 0.2) is 25.2 Å². The first kappa shape index (κ1) is 58.0. The van der Waals surface area contributed by atoms with Crippen LogP contribution < -0.4 is 0 Å². The maximum absolute atomic E-state index is 6.58. The smallest absolute Gasteiger partial charge is 0.285 e. The third kappa shape index (κ3) is 19.2. The van der Waals surface area contributed by atoms with Gasteiger partial charge in [0.05, 0.1) is 77.3 Å². The number of hydrogen-bond acceptors (Lipinski definition) is 19. The largest absolute Gasteiger partial charge is 0.352 e. The van der Waals surface area contributed by atoms with Crippen molar-refractivity contribution in [2.45, 2.75) is 218 Å². The fourth-order valence-electron chi connectivity index (χ4n) is 7.40. The van der Waals surface area contributed by atoms with E-state index in [0.29, 0.717) is 104 Å². The highest BCUT2D eigenvalue weighted by atomic mass is 32.2. The van der Waals surface area contributed by atoms with Crippen molar-refractivity contribution in [1.82, 2.24) is 0 Å². The quantitative estimate of drug-likeness (QED) is 0.0434. The highest BCUT2D eigenvalue weighted by Gasteiger charge is 2.45. The van der Waals surface area contributed by atoms with E-state index in [9.17, 15) is 0 Å². The zero-order valence-electron chi connectivity index (χ0n) is 41.7. The van der Waals surface area contributed by atoms with Crippen LogP contribution in [0.1, 0.15) is 134 Å². The van der Waals surface area contributed by atoms with E-state index in [-0.39, 0.29) is 34.9 Å². The van der Waals surface area contributed by atoms with Gasteiger partial charge >= 0.3 is 0 Å². The lowest BCUT2D eigenvalue weighted by molar-refractivity contribution is -0.386. The minimum absolute atomic E-state index is 0.0296. The third-order valence-corrected chi connectivity index (χ3v) is 15.0. The van der Waals surface area contributed by atoms with Gasteiger partial charge in [0, 0.05) is 59.2 Å². The molecule has 4 heterocycles. The maximum Gasteiger partial charge on any atom is 0.285 e. The molecule has 4 aliphatic rings. The Morgan fingerprint density at radius 1 is 0.431 bits per heavy atom. The summed E-state index contributed by atoms with van der Waals surface area (Å²) in [5, 5.41) is 0.131. The molecule has 0 bridgehead atoms. The van der Waals surface area contributed by atoms with Crippen molar-refractivity contribution in [2.75, 3.05) is 75.9 Å². The number of thioether (sulfide) groups is 3. The molecule has 384 valence electrons. The summed E-state index contributed by atoms with van der Waals surface area (Å²) in [5.41, 5.74) is 0. The lowest BCUT2D eigenvalue weighted by Crippen LogP contribution is -2.40. The van der Waals surface area contributed by atoms with E-state index in [1.54, 1.807) is 0 Å². The van der Waals surface area contributed by atoms with Gasteiger partial charge in [0.25, 0.3) is 23.9 Å². The first-order chi connectivity index (χ1) is 31.2. The van der Waals surface area contributed by atoms with Crippen molar-refractivity contribution in [2.24, 2.45) is 0 Å². The van der Waals surface area contributed by atoms with Crippen LogP contribution in [0.2, 0.25) is 0 Å². The van der Waals surface area contributed by atoms with Gasteiger partial charge in [-0.3, -0.25) is 18.9 Å². The Labute approximate surface area is 403 Å². The van der Waals surface area contributed by atoms with Crippen molar-refractivity contribution in [3.63, 3.8) is 0 Å². The molecule has 0 saturated carbocycles. The zero-order chi connectivity index (χ0) is 47.4. The predicted octanol–water partition coefficient (Wildman–Crippen LogP) is 9.00. The number of ether oxygens (including phenoxy) is 16. The average Bonchev–Trinajstić information content (AvgIpc) is 4.10. The molecule has 14 atom stereocenters. The topological polar surface area (TPSA) is 148 Å². The lowest BCUT2D eigenvalue weighted by Gasteiger charge is -2.33. The van der Waals surface area contributed by atoms with Crippen molar-refractivity contribution in [3.05, 3.63) is 0 Å². The van der Waals surface area contributed by atoms with Gasteiger partial charge in [-0.25, -0.2) is 0 Å². The highest BCUT2D eigenvalue weighted by molar-refractivity contribution is 8.05. The molecule has 16 nitrogen and oxygen atoms in total. The Bertz CT molecular complexity index is 1190. The molecule has 0 aromatic rings. The third-order valence-electron chi connectivity index (χ3n) is 11.0. The van der Waals surface area contributed by atoms with Gasteiger partial charge in [0.2, 0.25) is 0 Å². The lowest BCUT2D eigenvalue weighted by atomic mass is 10.4.